The second-order valence-corrected chi connectivity index (χ2v) is 2.63. The van der Waals surface area contributed by atoms with Gasteiger partial charge in [0.05, 0.1) is 5.57 Å². The van der Waals surface area contributed by atoms with E-state index in [1.807, 2.05) is 6.92 Å². The van der Waals surface area contributed by atoms with E-state index in [0.29, 0.717) is 12.0 Å². The van der Waals surface area contributed by atoms with Crippen LogP contribution in [0.3, 0.4) is 0 Å². The molecule has 0 radical (unpaired) electrons. The maximum absolute atomic E-state index is 10.9. The van der Waals surface area contributed by atoms with Gasteiger partial charge in [0.1, 0.15) is 0 Å². The van der Waals surface area contributed by atoms with E-state index in [-0.39, 0.29) is 11.6 Å². The third kappa shape index (κ3) is 1.01. The molecule has 1 aliphatic carbocycles. The molecular weight excluding hydrogens is 128 g/mol. The summed E-state index contributed by atoms with van der Waals surface area (Å²) in [6.45, 7) is 3.30. The Hall–Kier alpha value is -0.920. The fraction of sp³-hybridized carbons (Fsp3) is 0.500. The average molecular weight is 138 g/mol. The van der Waals surface area contributed by atoms with E-state index >= 15 is 0 Å². The number of ketones is 2. The standard InChI is InChI=1S/C8H10O2/c1-5-3-4-7(10)8(5)6(2)9/h3-4H2,1-2H3. The summed E-state index contributed by atoms with van der Waals surface area (Å²) in [6.07, 6.45) is 1.30. The Labute approximate surface area is 59.9 Å². The highest BCUT2D eigenvalue weighted by Gasteiger charge is 2.22. The van der Waals surface area contributed by atoms with E-state index in [4.69, 9.17) is 0 Å². The second kappa shape index (κ2) is 2.37. The molecular formula is C8H10O2. The molecule has 0 aromatic rings. The van der Waals surface area contributed by atoms with Crippen molar-refractivity contribution in [2.75, 3.05) is 0 Å². The Morgan fingerprint density at radius 3 is 2.20 bits per heavy atom. The zero-order valence-electron chi connectivity index (χ0n) is 6.23. The topological polar surface area (TPSA) is 34.1 Å². The Bertz CT molecular complexity index is 223. The molecule has 0 aromatic carbocycles. The van der Waals surface area contributed by atoms with Gasteiger partial charge in [0, 0.05) is 6.42 Å². The van der Waals surface area contributed by atoms with Gasteiger partial charge in [0.15, 0.2) is 11.6 Å². The van der Waals surface area contributed by atoms with Gasteiger partial charge in [0.2, 0.25) is 0 Å². The maximum atomic E-state index is 10.9. The highest BCUT2D eigenvalue weighted by Crippen LogP contribution is 2.22. The zero-order chi connectivity index (χ0) is 7.72. The highest BCUT2D eigenvalue weighted by molar-refractivity contribution is 6.21. The number of carbonyl (C=O) groups excluding carboxylic acids is 2. The fourth-order valence-electron chi connectivity index (χ4n) is 1.29. The van der Waals surface area contributed by atoms with Gasteiger partial charge in [0.25, 0.3) is 0 Å². The van der Waals surface area contributed by atoms with Gasteiger partial charge in [-0.25, -0.2) is 0 Å². The number of Topliss-reactive ketones (excluding diaryl/α,β-unsaturated/α-hetero) is 2. The summed E-state index contributed by atoms with van der Waals surface area (Å²) in [6, 6.07) is 0. The predicted octanol–water partition coefficient (Wildman–Crippen LogP) is 1.25. The molecule has 54 valence electrons. The molecule has 0 saturated carbocycles. The van der Waals surface area contributed by atoms with Gasteiger partial charge in [-0.2, -0.15) is 0 Å². The van der Waals surface area contributed by atoms with Crippen LogP contribution in [0.4, 0.5) is 0 Å². The SMILES string of the molecule is CC(=O)C1=C(C)CCC1=O. The third-order valence-electron chi connectivity index (χ3n) is 1.78. The molecule has 0 aromatic heterocycles. The van der Waals surface area contributed by atoms with E-state index in [1.54, 1.807) is 0 Å². The van der Waals surface area contributed by atoms with E-state index in [9.17, 15) is 9.59 Å². The van der Waals surface area contributed by atoms with Crippen LogP contribution in [0.15, 0.2) is 11.1 Å². The fourth-order valence-corrected chi connectivity index (χ4v) is 1.29. The molecule has 0 bridgehead atoms. The van der Waals surface area contributed by atoms with Crippen LogP contribution >= 0.6 is 0 Å². The Balaban J connectivity index is 2.99. The molecule has 0 atom stereocenters. The van der Waals surface area contributed by atoms with E-state index in [0.717, 1.165) is 12.0 Å². The minimum absolute atomic E-state index is 0.0185. The van der Waals surface area contributed by atoms with Gasteiger partial charge in [-0.1, -0.05) is 5.57 Å². The molecule has 0 heterocycles. The first kappa shape index (κ1) is 7.19. The average Bonchev–Trinajstić information content (AvgIpc) is 2.11. The molecule has 0 N–H and O–H groups in total. The summed E-state index contributed by atoms with van der Waals surface area (Å²) in [5.74, 6) is -0.0648. The van der Waals surface area contributed by atoms with Gasteiger partial charge in [-0.05, 0) is 20.3 Å². The molecule has 1 aliphatic rings. The van der Waals surface area contributed by atoms with Crippen LogP contribution in [-0.4, -0.2) is 11.6 Å². The summed E-state index contributed by atoms with van der Waals surface area (Å²) >= 11 is 0. The molecule has 0 amide bonds. The number of allylic oxidation sites excluding steroid dienone is 2. The summed E-state index contributed by atoms with van der Waals surface area (Å²) < 4.78 is 0. The maximum Gasteiger partial charge on any atom is 0.166 e. The quantitative estimate of drug-likeness (QED) is 0.511. The molecule has 10 heavy (non-hydrogen) atoms. The number of hydrogen-bond donors (Lipinski definition) is 0. The molecule has 2 nitrogen and oxygen atoms in total. The molecule has 0 saturated heterocycles. The monoisotopic (exact) mass is 138 g/mol. The van der Waals surface area contributed by atoms with Crippen molar-refractivity contribution >= 4 is 11.6 Å². The van der Waals surface area contributed by atoms with Gasteiger partial charge in [-0.15, -0.1) is 0 Å². The van der Waals surface area contributed by atoms with Gasteiger partial charge in [-0.3, -0.25) is 9.59 Å². The first-order valence-corrected chi connectivity index (χ1v) is 3.37. The Morgan fingerprint density at radius 1 is 1.40 bits per heavy atom. The van der Waals surface area contributed by atoms with Crippen molar-refractivity contribution in [2.24, 2.45) is 0 Å². The lowest BCUT2D eigenvalue weighted by Gasteiger charge is -1.93. The number of rotatable bonds is 1. The van der Waals surface area contributed by atoms with Crippen LogP contribution in [0.5, 0.6) is 0 Å². The number of carbonyl (C=O) groups is 2. The van der Waals surface area contributed by atoms with Crippen LogP contribution in [0.1, 0.15) is 26.7 Å². The number of hydrogen-bond acceptors (Lipinski definition) is 2. The lowest BCUT2D eigenvalue weighted by Crippen LogP contribution is -2.04. The van der Waals surface area contributed by atoms with E-state index < -0.39 is 0 Å². The van der Waals surface area contributed by atoms with Crippen molar-refractivity contribution in [1.29, 1.82) is 0 Å². The Kier molecular flexibility index (Phi) is 1.70. The van der Waals surface area contributed by atoms with Crippen molar-refractivity contribution < 1.29 is 9.59 Å². The Morgan fingerprint density at radius 2 is 2.00 bits per heavy atom. The minimum atomic E-state index is -0.0833. The molecule has 0 unspecified atom stereocenters. The molecule has 0 aliphatic heterocycles. The van der Waals surface area contributed by atoms with Crippen LogP contribution < -0.4 is 0 Å². The van der Waals surface area contributed by atoms with Crippen LogP contribution in [-0.2, 0) is 9.59 Å². The van der Waals surface area contributed by atoms with Crippen molar-refractivity contribution in [2.45, 2.75) is 26.7 Å². The van der Waals surface area contributed by atoms with Crippen LogP contribution in [0, 0.1) is 0 Å². The summed E-state index contributed by atoms with van der Waals surface area (Å²) in [4.78, 5) is 21.7. The smallest absolute Gasteiger partial charge is 0.166 e. The van der Waals surface area contributed by atoms with E-state index in [2.05, 4.69) is 0 Å². The normalized spacial score (nSPS) is 18.4. The molecule has 1 rings (SSSR count). The first-order valence-electron chi connectivity index (χ1n) is 3.37. The van der Waals surface area contributed by atoms with Crippen LogP contribution in [0.25, 0.3) is 0 Å². The summed E-state index contributed by atoms with van der Waals surface area (Å²) in [7, 11) is 0. The largest absolute Gasteiger partial charge is 0.294 e. The highest BCUT2D eigenvalue weighted by atomic mass is 16.1. The lowest BCUT2D eigenvalue weighted by molar-refractivity contribution is -0.119. The van der Waals surface area contributed by atoms with Crippen molar-refractivity contribution in [3.8, 4) is 0 Å². The summed E-state index contributed by atoms with van der Waals surface area (Å²) in [5.41, 5.74) is 1.40. The molecule has 0 fully saturated rings. The summed E-state index contributed by atoms with van der Waals surface area (Å²) in [5, 5.41) is 0. The second-order valence-electron chi connectivity index (χ2n) is 2.63. The lowest BCUT2D eigenvalue weighted by atomic mass is 10.1. The minimum Gasteiger partial charge on any atom is -0.294 e. The third-order valence-corrected chi connectivity index (χ3v) is 1.78. The van der Waals surface area contributed by atoms with Gasteiger partial charge >= 0.3 is 0 Å². The predicted molar refractivity (Wildman–Crippen MR) is 37.6 cm³/mol. The van der Waals surface area contributed by atoms with Crippen molar-refractivity contribution in [1.82, 2.24) is 0 Å². The van der Waals surface area contributed by atoms with Crippen LogP contribution in [0.2, 0.25) is 0 Å². The first-order chi connectivity index (χ1) is 4.63. The van der Waals surface area contributed by atoms with E-state index in [1.165, 1.54) is 6.92 Å². The molecule has 0 spiro atoms. The molecule has 2 heteroatoms. The zero-order valence-corrected chi connectivity index (χ0v) is 6.23. The van der Waals surface area contributed by atoms with Crippen molar-refractivity contribution in [3.05, 3.63) is 11.1 Å². The van der Waals surface area contributed by atoms with Gasteiger partial charge < -0.3 is 0 Å². The van der Waals surface area contributed by atoms with Crippen molar-refractivity contribution in [3.63, 3.8) is 0 Å².